The first-order valence-corrected chi connectivity index (χ1v) is 4.00. The van der Waals surface area contributed by atoms with Gasteiger partial charge in [-0.05, 0) is 0 Å². The first-order chi connectivity index (χ1) is 6.56. The average molecular weight is 198 g/mol. The quantitative estimate of drug-likeness (QED) is 0.535. The summed E-state index contributed by atoms with van der Waals surface area (Å²) in [6.45, 7) is 0.328. The van der Waals surface area contributed by atoms with E-state index in [1.54, 1.807) is 0 Å². The van der Waals surface area contributed by atoms with Crippen molar-refractivity contribution in [1.82, 2.24) is 9.80 Å². The molecule has 14 heavy (non-hydrogen) atoms. The maximum absolute atomic E-state index is 10.7. The summed E-state index contributed by atoms with van der Waals surface area (Å²) in [5.41, 5.74) is 0. The lowest BCUT2D eigenvalue weighted by Crippen LogP contribution is -2.55. The molecule has 0 radical (unpaired) electrons. The number of hydrogen-bond donors (Lipinski definition) is 2. The minimum absolute atomic E-state index is 0.0398. The molecule has 1 heterocycles. The van der Waals surface area contributed by atoms with Crippen molar-refractivity contribution in [2.45, 2.75) is 6.04 Å². The van der Waals surface area contributed by atoms with E-state index in [1.807, 2.05) is 0 Å². The summed E-state index contributed by atoms with van der Waals surface area (Å²) >= 11 is 0. The largest absolute Gasteiger partial charge is 0.465 e. The predicted octanol–water partition coefficient (Wildman–Crippen LogP) is -0.0382. The molecule has 0 aromatic rings. The van der Waals surface area contributed by atoms with Crippen molar-refractivity contribution in [1.29, 1.82) is 0 Å². The molecule has 1 aliphatic heterocycles. The highest BCUT2D eigenvalue weighted by Gasteiger charge is 2.30. The van der Waals surface area contributed by atoms with E-state index >= 15 is 0 Å². The van der Waals surface area contributed by atoms with Crippen LogP contribution in [0, 0.1) is 12.3 Å². The van der Waals surface area contributed by atoms with E-state index < -0.39 is 18.2 Å². The molecule has 0 spiro atoms. The third-order valence-corrected chi connectivity index (χ3v) is 2.09. The molecular weight excluding hydrogens is 188 g/mol. The van der Waals surface area contributed by atoms with Crippen LogP contribution in [0.4, 0.5) is 9.59 Å². The summed E-state index contributed by atoms with van der Waals surface area (Å²) in [6, 6.07) is -0.683. The lowest BCUT2D eigenvalue weighted by atomic mass is 10.2. The molecule has 0 aromatic carbocycles. The maximum Gasteiger partial charge on any atom is 0.408 e. The third kappa shape index (κ3) is 1.88. The smallest absolute Gasteiger partial charge is 0.408 e. The summed E-state index contributed by atoms with van der Waals surface area (Å²) in [5, 5.41) is 17.4. The Balaban J connectivity index is 2.70. The lowest BCUT2D eigenvalue weighted by molar-refractivity contribution is 0.0791. The summed E-state index contributed by atoms with van der Waals surface area (Å²) < 4.78 is 0. The van der Waals surface area contributed by atoms with Gasteiger partial charge in [-0.2, -0.15) is 0 Å². The number of carboxylic acid groups (broad SMARTS) is 2. The highest BCUT2D eigenvalue weighted by atomic mass is 16.4. The molecule has 2 amide bonds. The minimum atomic E-state index is -1.11. The highest BCUT2D eigenvalue weighted by molar-refractivity contribution is 5.68. The fourth-order valence-electron chi connectivity index (χ4n) is 1.33. The Morgan fingerprint density at radius 3 is 2.36 bits per heavy atom. The molecular formula is C8H10N2O4. The normalized spacial score (nSPS) is 21.5. The first-order valence-electron chi connectivity index (χ1n) is 4.00. The van der Waals surface area contributed by atoms with Gasteiger partial charge in [0.2, 0.25) is 0 Å². The van der Waals surface area contributed by atoms with Gasteiger partial charge < -0.3 is 15.1 Å². The van der Waals surface area contributed by atoms with Crippen LogP contribution in [0.15, 0.2) is 0 Å². The van der Waals surface area contributed by atoms with E-state index in [0.29, 0.717) is 0 Å². The van der Waals surface area contributed by atoms with Gasteiger partial charge in [0.15, 0.2) is 0 Å². The van der Waals surface area contributed by atoms with Crippen LogP contribution in [-0.2, 0) is 0 Å². The van der Waals surface area contributed by atoms with Crippen molar-refractivity contribution in [3.05, 3.63) is 0 Å². The molecule has 1 atom stereocenters. The van der Waals surface area contributed by atoms with Crippen molar-refractivity contribution < 1.29 is 19.8 Å². The molecule has 1 unspecified atom stereocenters. The fraction of sp³-hybridized carbons (Fsp3) is 0.500. The zero-order valence-electron chi connectivity index (χ0n) is 7.38. The molecule has 1 fully saturated rings. The second kappa shape index (κ2) is 3.87. The summed E-state index contributed by atoms with van der Waals surface area (Å²) in [7, 11) is 0. The van der Waals surface area contributed by atoms with Crippen LogP contribution in [0.25, 0.3) is 0 Å². The van der Waals surface area contributed by atoms with Gasteiger partial charge in [-0.15, -0.1) is 6.42 Å². The van der Waals surface area contributed by atoms with Gasteiger partial charge in [0.05, 0.1) is 6.54 Å². The highest BCUT2D eigenvalue weighted by Crippen LogP contribution is 2.09. The van der Waals surface area contributed by atoms with Crippen molar-refractivity contribution in [3.63, 3.8) is 0 Å². The average Bonchev–Trinajstić information content (AvgIpc) is 2.16. The SMILES string of the molecule is C#CC1CN(C(=O)O)CCN1C(=O)O. The number of piperazine rings is 1. The van der Waals surface area contributed by atoms with Crippen LogP contribution in [0.5, 0.6) is 0 Å². The Morgan fingerprint density at radius 1 is 1.29 bits per heavy atom. The molecule has 0 aliphatic carbocycles. The van der Waals surface area contributed by atoms with Gasteiger partial charge in [0.25, 0.3) is 0 Å². The molecule has 0 aromatic heterocycles. The van der Waals surface area contributed by atoms with Crippen LogP contribution in [0.1, 0.15) is 0 Å². The standard InChI is InChI=1S/C8H10N2O4/c1-2-6-5-9(7(11)12)3-4-10(6)8(13)14/h1,6H,3-5H2,(H,11,12)(H,13,14). The summed E-state index contributed by atoms with van der Waals surface area (Å²) in [6.07, 6.45) is 2.93. The molecule has 0 bridgehead atoms. The van der Waals surface area contributed by atoms with Crippen molar-refractivity contribution in [3.8, 4) is 12.3 Å². The van der Waals surface area contributed by atoms with Gasteiger partial charge >= 0.3 is 12.2 Å². The summed E-state index contributed by atoms with van der Waals surface area (Å²) in [5.74, 6) is 2.26. The Hall–Kier alpha value is -1.90. The van der Waals surface area contributed by atoms with E-state index in [9.17, 15) is 9.59 Å². The van der Waals surface area contributed by atoms with Crippen LogP contribution >= 0.6 is 0 Å². The monoisotopic (exact) mass is 198 g/mol. The fourth-order valence-corrected chi connectivity index (χ4v) is 1.33. The van der Waals surface area contributed by atoms with Crippen molar-refractivity contribution in [2.24, 2.45) is 0 Å². The summed E-state index contributed by atoms with van der Waals surface area (Å²) in [4.78, 5) is 23.4. The Bertz CT molecular complexity index is 296. The third-order valence-electron chi connectivity index (χ3n) is 2.09. The van der Waals surface area contributed by atoms with E-state index in [0.717, 1.165) is 9.80 Å². The first kappa shape index (κ1) is 10.2. The number of nitrogens with zero attached hydrogens (tertiary/aromatic N) is 2. The molecule has 1 rings (SSSR count). The van der Waals surface area contributed by atoms with Gasteiger partial charge in [-0.25, -0.2) is 9.59 Å². The molecule has 1 saturated heterocycles. The topological polar surface area (TPSA) is 81.1 Å². The van der Waals surface area contributed by atoms with Gasteiger partial charge in [-0.1, -0.05) is 5.92 Å². The van der Waals surface area contributed by atoms with Gasteiger partial charge in [-0.3, -0.25) is 4.90 Å². The van der Waals surface area contributed by atoms with Crippen LogP contribution in [0.3, 0.4) is 0 Å². The number of rotatable bonds is 0. The Morgan fingerprint density at radius 2 is 1.93 bits per heavy atom. The van der Waals surface area contributed by atoms with E-state index in [1.165, 1.54) is 0 Å². The molecule has 6 heteroatoms. The van der Waals surface area contributed by atoms with E-state index in [-0.39, 0.29) is 19.6 Å². The molecule has 2 N–H and O–H groups in total. The van der Waals surface area contributed by atoms with Crippen LogP contribution < -0.4 is 0 Å². The van der Waals surface area contributed by atoms with Gasteiger partial charge in [0.1, 0.15) is 6.04 Å². The number of amides is 2. The van der Waals surface area contributed by atoms with Crippen molar-refractivity contribution in [2.75, 3.05) is 19.6 Å². The molecule has 1 aliphatic rings. The Labute approximate surface area is 80.7 Å². The second-order valence-electron chi connectivity index (χ2n) is 2.89. The predicted molar refractivity (Wildman–Crippen MR) is 46.9 cm³/mol. The number of hydrogen-bond acceptors (Lipinski definition) is 2. The maximum atomic E-state index is 10.7. The van der Waals surface area contributed by atoms with Gasteiger partial charge in [0, 0.05) is 13.1 Å². The molecule has 0 saturated carbocycles. The van der Waals surface area contributed by atoms with Crippen LogP contribution in [-0.4, -0.2) is 57.9 Å². The van der Waals surface area contributed by atoms with E-state index in [2.05, 4.69) is 5.92 Å². The molecule has 6 nitrogen and oxygen atoms in total. The minimum Gasteiger partial charge on any atom is -0.465 e. The zero-order valence-corrected chi connectivity index (χ0v) is 7.38. The zero-order chi connectivity index (χ0) is 10.7. The lowest BCUT2D eigenvalue weighted by Gasteiger charge is -2.35. The van der Waals surface area contributed by atoms with Crippen molar-refractivity contribution >= 4 is 12.2 Å². The molecule has 76 valence electrons. The second-order valence-corrected chi connectivity index (χ2v) is 2.89. The number of carbonyl (C=O) groups is 2. The van der Waals surface area contributed by atoms with E-state index in [4.69, 9.17) is 16.6 Å². The van der Waals surface area contributed by atoms with Crippen LogP contribution in [0.2, 0.25) is 0 Å². The number of terminal acetylenes is 1. The Kier molecular flexibility index (Phi) is 2.82.